The number of carbonyl (C=O) groups excluding carboxylic acids is 2. The Balaban J connectivity index is 1.67. The molecule has 1 fully saturated rings. The number of hydrogen-bond acceptors (Lipinski definition) is 3. The van der Waals surface area contributed by atoms with E-state index in [4.69, 9.17) is 0 Å². The van der Waals surface area contributed by atoms with Gasteiger partial charge in [0, 0.05) is 37.4 Å². The number of rotatable bonds is 6. The quantitative estimate of drug-likeness (QED) is 0.793. The van der Waals surface area contributed by atoms with Crippen molar-refractivity contribution in [1.82, 2.24) is 10.2 Å². The Morgan fingerprint density at radius 1 is 0.967 bits per heavy atom. The molecular weight excluding hydrogens is 374 g/mol. The molecule has 1 N–H and O–H groups in total. The molecule has 1 heterocycles. The second-order valence-electron chi connectivity index (χ2n) is 8.23. The summed E-state index contributed by atoms with van der Waals surface area (Å²) in [6.45, 7) is 11.3. The highest BCUT2D eigenvalue weighted by Crippen LogP contribution is 2.24. The Kier molecular flexibility index (Phi) is 7.14. The Morgan fingerprint density at radius 3 is 2.27 bits per heavy atom. The number of benzene rings is 2. The number of carbonyl (C=O) groups is 2. The molecule has 160 valence electrons. The van der Waals surface area contributed by atoms with Crippen LogP contribution < -0.4 is 10.2 Å². The number of nitrogens with zero attached hydrogens (tertiary/aromatic N) is 2. The first kappa shape index (κ1) is 21.9. The molecule has 0 bridgehead atoms. The maximum atomic E-state index is 13.3. The fourth-order valence-electron chi connectivity index (χ4n) is 3.94. The smallest absolute Gasteiger partial charge is 0.251 e. The molecule has 2 aromatic rings. The van der Waals surface area contributed by atoms with E-state index in [1.165, 1.54) is 16.8 Å². The number of hydrogen-bond donors (Lipinski definition) is 1. The van der Waals surface area contributed by atoms with Crippen LogP contribution in [0.1, 0.15) is 41.8 Å². The minimum absolute atomic E-state index is 0.0224. The first-order valence-electron chi connectivity index (χ1n) is 10.9. The first-order chi connectivity index (χ1) is 14.4. The van der Waals surface area contributed by atoms with Crippen LogP contribution in [0.25, 0.3) is 0 Å². The van der Waals surface area contributed by atoms with Gasteiger partial charge in [-0.2, -0.15) is 0 Å². The molecule has 3 rings (SSSR count). The van der Waals surface area contributed by atoms with Crippen molar-refractivity contribution in [2.45, 2.75) is 40.2 Å². The third kappa shape index (κ3) is 4.84. The lowest BCUT2D eigenvalue weighted by atomic mass is 9.97. The zero-order valence-corrected chi connectivity index (χ0v) is 18.5. The minimum atomic E-state index is -0.505. The van der Waals surface area contributed by atoms with Gasteiger partial charge in [-0.25, -0.2) is 0 Å². The molecule has 30 heavy (non-hydrogen) atoms. The molecule has 0 aromatic heterocycles. The standard InChI is InChI=1S/C25H33N3O2/c1-5-18(2)23(26-24(29)21-11-7-6-8-12-21)25(30)28-16-14-27(15-17-28)22-13-9-10-19(3)20(22)4/h6-13,18,23H,5,14-17H2,1-4H3,(H,26,29)/t18-,23-/m0/s1. The molecule has 0 spiro atoms. The van der Waals surface area contributed by atoms with Crippen LogP contribution >= 0.6 is 0 Å². The summed E-state index contributed by atoms with van der Waals surface area (Å²) in [4.78, 5) is 30.3. The van der Waals surface area contributed by atoms with Crippen molar-refractivity contribution in [2.75, 3.05) is 31.1 Å². The molecule has 2 aromatic carbocycles. The van der Waals surface area contributed by atoms with Gasteiger partial charge in [-0.15, -0.1) is 0 Å². The first-order valence-corrected chi connectivity index (χ1v) is 10.9. The van der Waals surface area contributed by atoms with Crippen LogP contribution in [0.2, 0.25) is 0 Å². The predicted molar refractivity (Wildman–Crippen MR) is 122 cm³/mol. The van der Waals surface area contributed by atoms with Crippen LogP contribution in [0.15, 0.2) is 48.5 Å². The average Bonchev–Trinajstić information content (AvgIpc) is 2.79. The molecule has 5 nitrogen and oxygen atoms in total. The van der Waals surface area contributed by atoms with Crippen molar-refractivity contribution >= 4 is 17.5 Å². The summed E-state index contributed by atoms with van der Waals surface area (Å²) < 4.78 is 0. The van der Waals surface area contributed by atoms with E-state index in [0.29, 0.717) is 18.7 Å². The van der Waals surface area contributed by atoms with Gasteiger partial charge < -0.3 is 15.1 Å². The van der Waals surface area contributed by atoms with E-state index in [-0.39, 0.29) is 17.7 Å². The average molecular weight is 408 g/mol. The van der Waals surface area contributed by atoms with E-state index >= 15 is 0 Å². The number of aryl methyl sites for hydroxylation is 1. The zero-order valence-electron chi connectivity index (χ0n) is 18.5. The van der Waals surface area contributed by atoms with Crippen LogP contribution in [-0.4, -0.2) is 48.9 Å². The van der Waals surface area contributed by atoms with Crippen molar-refractivity contribution in [3.05, 3.63) is 65.2 Å². The van der Waals surface area contributed by atoms with Crippen molar-refractivity contribution in [2.24, 2.45) is 5.92 Å². The molecule has 1 saturated heterocycles. The fraction of sp³-hybridized carbons (Fsp3) is 0.440. The Morgan fingerprint density at radius 2 is 1.63 bits per heavy atom. The summed E-state index contributed by atoms with van der Waals surface area (Å²) >= 11 is 0. The van der Waals surface area contributed by atoms with Crippen LogP contribution in [-0.2, 0) is 4.79 Å². The highest BCUT2D eigenvalue weighted by molar-refractivity contribution is 5.97. The van der Waals surface area contributed by atoms with Crippen molar-refractivity contribution in [1.29, 1.82) is 0 Å². The Hall–Kier alpha value is -2.82. The predicted octanol–water partition coefficient (Wildman–Crippen LogP) is 3.80. The van der Waals surface area contributed by atoms with Gasteiger partial charge in [0.2, 0.25) is 5.91 Å². The van der Waals surface area contributed by atoms with Crippen molar-refractivity contribution in [3.63, 3.8) is 0 Å². The summed E-state index contributed by atoms with van der Waals surface area (Å²) in [5, 5.41) is 3.00. The third-order valence-corrected chi connectivity index (χ3v) is 6.31. The summed E-state index contributed by atoms with van der Waals surface area (Å²) in [6.07, 6.45) is 0.827. The van der Waals surface area contributed by atoms with Crippen LogP contribution in [0.5, 0.6) is 0 Å². The summed E-state index contributed by atoms with van der Waals surface area (Å²) in [7, 11) is 0. The van der Waals surface area contributed by atoms with Crippen molar-refractivity contribution < 1.29 is 9.59 Å². The lowest BCUT2D eigenvalue weighted by Crippen LogP contribution is -2.56. The van der Waals surface area contributed by atoms with E-state index in [9.17, 15) is 9.59 Å². The van der Waals surface area contributed by atoms with E-state index in [2.05, 4.69) is 49.2 Å². The van der Waals surface area contributed by atoms with Crippen LogP contribution in [0, 0.1) is 19.8 Å². The molecule has 0 saturated carbocycles. The highest BCUT2D eigenvalue weighted by atomic mass is 16.2. The maximum absolute atomic E-state index is 13.3. The topological polar surface area (TPSA) is 52.7 Å². The number of anilines is 1. The fourth-order valence-corrected chi connectivity index (χ4v) is 3.94. The number of piperazine rings is 1. The molecule has 5 heteroatoms. The van der Waals surface area contributed by atoms with E-state index < -0.39 is 6.04 Å². The van der Waals surface area contributed by atoms with Gasteiger partial charge in [-0.1, -0.05) is 50.6 Å². The minimum Gasteiger partial charge on any atom is -0.368 e. The summed E-state index contributed by atoms with van der Waals surface area (Å²) in [5.41, 5.74) is 4.41. The molecule has 1 aliphatic heterocycles. The summed E-state index contributed by atoms with van der Waals surface area (Å²) in [6, 6.07) is 15.0. The lowest BCUT2D eigenvalue weighted by Gasteiger charge is -2.39. The molecule has 0 radical (unpaired) electrons. The molecule has 0 unspecified atom stereocenters. The van der Waals surface area contributed by atoms with Gasteiger partial charge in [0.1, 0.15) is 6.04 Å². The second-order valence-corrected chi connectivity index (χ2v) is 8.23. The molecule has 2 atom stereocenters. The number of nitrogens with one attached hydrogen (secondary N) is 1. The normalized spacial score (nSPS) is 16.1. The van der Waals surface area contributed by atoms with Gasteiger partial charge in [0.05, 0.1) is 0 Å². The Labute approximate surface area is 180 Å². The lowest BCUT2D eigenvalue weighted by molar-refractivity contribution is -0.134. The molecule has 0 aliphatic carbocycles. The SMILES string of the molecule is CC[C@H](C)[C@H](NC(=O)c1ccccc1)C(=O)N1CCN(c2cccc(C)c2C)CC1. The van der Waals surface area contributed by atoms with Crippen LogP contribution in [0.3, 0.4) is 0 Å². The van der Waals surface area contributed by atoms with Crippen LogP contribution in [0.4, 0.5) is 5.69 Å². The summed E-state index contributed by atoms with van der Waals surface area (Å²) in [5.74, 6) is -0.0975. The largest absolute Gasteiger partial charge is 0.368 e. The Bertz CT molecular complexity index is 873. The van der Waals surface area contributed by atoms with Gasteiger partial charge in [-0.05, 0) is 49.1 Å². The van der Waals surface area contributed by atoms with Gasteiger partial charge in [0.15, 0.2) is 0 Å². The van der Waals surface area contributed by atoms with Gasteiger partial charge in [-0.3, -0.25) is 9.59 Å². The van der Waals surface area contributed by atoms with E-state index in [1.54, 1.807) is 12.1 Å². The van der Waals surface area contributed by atoms with Gasteiger partial charge in [0.25, 0.3) is 5.91 Å². The van der Waals surface area contributed by atoms with E-state index in [1.807, 2.05) is 30.0 Å². The molecule has 2 amide bonds. The molecule has 1 aliphatic rings. The van der Waals surface area contributed by atoms with Gasteiger partial charge >= 0.3 is 0 Å². The molecular formula is C25H33N3O2. The zero-order chi connectivity index (χ0) is 21.7. The third-order valence-electron chi connectivity index (χ3n) is 6.31. The monoisotopic (exact) mass is 407 g/mol. The number of amides is 2. The highest BCUT2D eigenvalue weighted by Gasteiger charge is 2.32. The van der Waals surface area contributed by atoms with E-state index in [0.717, 1.165) is 19.5 Å². The van der Waals surface area contributed by atoms with Crippen molar-refractivity contribution in [3.8, 4) is 0 Å². The second kappa shape index (κ2) is 9.79. The maximum Gasteiger partial charge on any atom is 0.251 e.